The first kappa shape index (κ1) is 30.2. The van der Waals surface area contributed by atoms with Crippen LogP contribution in [0.15, 0.2) is 83.8 Å². The van der Waals surface area contributed by atoms with E-state index in [0.717, 1.165) is 5.69 Å². The number of anilines is 1. The van der Waals surface area contributed by atoms with Gasteiger partial charge in [0.25, 0.3) is 17.4 Å². The highest BCUT2D eigenvalue weighted by Gasteiger charge is 2.29. The number of benzene rings is 2. The number of rotatable bonds is 6. The highest BCUT2D eigenvalue weighted by atomic mass is 19.1. The zero-order chi connectivity index (χ0) is 31.4. The first-order chi connectivity index (χ1) is 21.2. The van der Waals surface area contributed by atoms with Crippen LogP contribution in [0.3, 0.4) is 0 Å². The Bertz CT molecular complexity index is 1830. The van der Waals surface area contributed by atoms with Crippen LogP contribution in [0.4, 0.5) is 10.2 Å². The molecule has 1 saturated heterocycles. The molecule has 0 spiro atoms. The summed E-state index contributed by atoms with van der Waals surface area (Å²) in [4.78, 5) is 46.9. The summed E-state index contributed by atoms with van der Waals surface area (Å²) in [6.45, 7) is 5.52. The lowest BCUT2D eigenvalue weighted by Crippen LogP contribution is -2.39. The van der Waals surface area contributed by atoms with Crippen molar-refractivity contribution in [1.29, 1.82) is 0 Å². The fourth-order valence-corrected chi connectivity index (χ4v) is 5.28. The van der Waals surface area contributed by atoms with Gasteiger partial charge in [-0.15, -0.1) is 5.10 Å². The number of aromatic nitrogens is 5. The van der Waals surface area contributed by atoms with Crippen molar-refractivity contribution in [3.8, 4) is 5.69 Å². The molecule has 0 saturated carbocycles. The van der Waals surface area contributed by atoms with Crippen molar-refractivity contribution in [3.05, 3.63) is 112 Å². The monoisotopic (exact) mass is 598 g/mol. The first-order valence-corrected chi connectivity index (χ1v) is 14.4. The number of carbonyl (C=O) groups is 2. The molecule has 12 heteroatoms. The number of nitrogens with zero attached hydrogens (tertiary/aromatic N) is 7. The van der Waals surface area contributed by atoms with Crippen LogP contribution < -0.4 is 15.8 Å². The topological polar surface area (TPSA) is 110 Å². The number of hydrogen-bond acceptors (Lipinski definition) is 6. The van der Waals surface area contributed by atoms with E-state index in [9.17, 15) is 18.8 Å². The Balaban J connectivity index is 0.000000484. The molecule has 5 aromatic rings. The van der Waals surface area contributed by atoms with Crippen LogP contribution in [0.25, 0.3) is 11.3 Å². The summed E-state index contributed by atoms with van der Waals surface area (Å²) < 4.78 is 16.8. The molecular formula is C32H35FN8O3. The Morgan fingerprint density at radius 2 is 1.70 bits per heavy atom. The molecule has 4 heterocycles. The van der Waals surface area contributed by atoms with E-state index in [-0.39, 0.29) is 34.8 Å². The van der Waals surface area contributed by atoms with E-state index in [1.54, 1.807) is 48.4 Å². The second-order valence-electron chi connectivity index (χ2n) is 10.6. The van der Waals surface area contributed by atoms with Gasteiger partial charge in [0, 0.05) is 39.8 Å². The van der Waals surface area contributed by atoms with Gasteiger partial charge in [0.2, 0.25) is 0 Å². The van der Waals surface area contributed by atoms with Crippen molar-refractivity contribution in [2.24, 2.45) is 0 Å². The SMILES string of the molecule is CCn1c(C)c(C(=O)N[C@H]2CCN(c3ccc4ncc(C(=O)N(C)C)n4n3)C2)c(=O)n1-c1ccccc1.Fc1ccccc1. The lowest BCUT2D eigenvalue weighted by molar-refractivity contribution is 0.0819. The molecule has 1 fully saturated rings. The predicted molar refractivity (Wildman–Crippen MR) is 166 cm³/mol. The van der Waals surface area contributed by atoms with Crippen LogP contribution in [-0.2, 0) is 6.54 Å². The molecule has 2 amide bonds. The maximum atomic E-state index is 13.3. The first-order valence-electron chi connectivity index (χ1n) is 14.4. The van der Waals surface area contributed by atoms with Gasteiger partial charge in [-0.25, -0.2) is 18.6 Å². The highest BCUT2D eigenvalue weighted by molar-refractivity contribution is 5.95. The molecule has 0 aliphatic carbocycles. The third-order valence-electron chi connectivity index (χ3n) is 7.48. The second kappa shape index (κ2) is 12.9. The summed E-state index contributed by atoms with van der Waals surface area (Å²) in [7, 11) is 3.37. The highest BCUT2D eigenvalue weighted by Crippen LogP contribution is 2.20. The Kier molecular flexibility index (Phi) is 8.88. The molecule has 0 bridgehead atoms. The van der Waals surface area contributed by atoms with E-state index in [0.29, 0.717) is 48.9 Å². The summed E-state index contributed by atoms with van der Waals surface area (Å²) in [6.07, 6.45) is 2.23. The van der Waals surface area contributed by atoms with Gasteiger partial charge in [-0.2, -0.15) is 0 Å². The average Bonchev–Trinajstić information content (AvgIpc) is 3.73. The average molecular weight is 599 g/mol. The van der Waals surface area contributed by atoms with E-state index < -0.39 is 0 Å². The fourth-order valence-electron chi connectivity index (χ4n) is 5.28. The quantitative estimate of drug-likeness (QED) is 0.320. The van der Waals surface area contributed by atoms with Gasteiger partial charge in [0.1, 0.15) is 17.2 Å². The van der Waals surface area contributed by atoms with Crippen molar-refractivity contribution >= 4 is 23.3 Å². The van der Waals surface area contributed by atoms with E-state index in [1.165, 1.54) is 23.2 Å². The fraction of sp³-hybridized carbons (Fsp3) is 0.281. The number of carbonyl (C=O) groups excluding carboxylic acids is 2. The molecule has 2 aromatic carbocycles. The molecule has 3 aromatic heterocycles. The van der Waals surface area contributed by atoms with Crippen LogP contribution in [-0.4, -0.2) is 73.9 Å². The summed E-state index contributed by atoms with van der Waals surface area (Å²) in [5.41, 5.74) is 2.16. The Morgan fingerprint density at radius 3 is 2.32 bits per heavy atom. The molecule has 0 radical (unpaired) electrons. The van der Waals surface area contributed by atoms with Crippen molar-refractivity contribution in [2.75, 3.05) is 32.1 Å². The zero-order valence-electron chi connectivity index (χ0n) is 25.1. The smallest absolute Gasteiger partial charge is 0.284 e. The summed E-state index contributed by atoms with van der Waals surface area (Å²) in [5, 5.41) is 7.70. The standard InChI is InChI=1S/C26H30N8O3.C6H5F/c1-5-32-17(2)23(26(37)34(32)19-9-7-6-8-10-19)24(35)28-18-13-14-31(16-18)22-12-11-21-27-15-20(33(21)29-22)25(36)30(3)4;7-6-4-2-1-3-5-6/h6-12,15,18H,5,13-14,16H2,1-4H3,(H,28,35);1-5H/t18-;/m0./s1. The van der Waals surface area contributed by atoms with Gasteiger partial charge in [-0.05, 0) is 56.7 Å². The van der Waals surface area contributed by atoms with Crippen molar-refractivity contribution in [2.45, 2.75) is 32.9 Å². The number of halogens is 1. The third kappa shape index (κ3) is 6.10. The van der Waals surface area contributed by atoms with Gasteiger partial charge in [-0.3, -0.25) is 19.1 Å². The van der Waals surface area contributed by atoms with E-state index in [1.807, 2.05) is 54.1 Å². The Labute approximate surface area is 254 Å². The Morgan fingerprint density at radius 1 is 1.02 bits per heavy atom. The molecule has 11 nitrogen and oxygen atoms in total. The molecule has 228 valence electrons. The van der Waals surface area contributed by atoms with Crippen LogP contribution in [0.2, 0.25) is 0 Å². The molecule has 1 aliphatic rings. The maximum Gasteiger partial charge on any atom is 0.284 e. The van der Waals surface area contributed by atoms with E-state index in [2.05, 4.69) is 20.3 Å². The predicted octanol–water partition coefficient (Wildman–Crippen LogP) is 3.55. The number of nitrogens with one attached hydrogen (secondary N) is 1. The van der Waals surface area contributed by atoms with E-state index in [4.69, 9.17) is 0 Å². The minimum absolute atomic E-state index is 0.149. The second-order valence-corrected chi connectivity index (χ2v) is 10.6. The van der Waals surface area contributed by atoms with Crippen LogP contribution in [0.5, 0.6) is 0 Å². The van der Waals surface area contributed by atoms with Gasteiger partial charge >= 0.3 is 0 Å². The molecule has 44 heavy (non-hydrogen) atoms. The lowest BCUT2D eigenvalue weighted by atomic mass is 10.2. The van der Waals surface area contributed by atoms with Gasteiger partial charge in [-0.1, -0.05) is 36.4 Å². The van der Waals surface area contributed by atoms with Crippen LogP contribution in [0.1, 0.15) is 39.9 Å². The van der Waals surface area contributed by atoms with E-state index >= 15 is 0 Å². The summed E-state index contributed by atoms with van der Waals surface area (Å²) in [5.74, 6) is -0.0420. The molecule has 6 rings (SSSR count). The number of fused-ring (bicyclic) bond motifs is 1. The summed E-state index contributed by atoms with van der Waals surface area (Å²) in [6, 6.07) is 20.8. The van der Waals surface area contributed by atoms with Gasteiger partial charge in [0.15, 0.2) is 11.3 Å². The maximum absolute atomic E-state index is 13.3. The number of para-hydroxylation sites is 1. The molecule has 1 aliphatic heterocycles. The minimum atomic E-state index is -0.372. The Hall–Kier alpha value is -5.26. The molecule has 0 unspecified atom stereocenters. The van der Waals surface area contributed by atoms with Gasteiger partial charge in [0.05, 0.1) is 17.6 Å². The third-order valence-corrected chi connectivity index (χ3v) is 7.48. The van der Waals surface area contributed by atoms with Crippen molar-refractivity contribution in [1.82, 2.24) is 34.2 Å². The largest absolute Gasteiger partial charge is 0.353 e. The normalized spacial score (nSPS) is 14.3. The van der Waals surface area contributed by atoms with Gasteiger partial charge < -0.3 is 15.1 Å². The van der Waals surface area contributed by atoms with Crippen molar-refractivity contribution < 1.29 is 14.0 Å². The number of amides is 2. The van der Waals surface area contributed by atoms with Crippen molar-refractivity contribution in [3.63, 3.8) is 0 Å². The minimum Gasteiger partial charge on any atom is -0.353 e. The molecule has 1 atom stereocenters. The zero-order valence-corrected chi connectivity index (χ0v) is 25.1. The number of hydrogen-bond donors (Lipinski definition) is 1. The molecular weight excluding hydrogens is 563 g/mol. The number of imidazole rings is 1. The lowest BCUT2D eigenvalue weighted by Gasteiger charge is -2.18. The molecule has 1 N–H and O–H groups in total. The van der Waals surface area contributed by atoms with Crippen LogP contribution >= 0.6 is 0 Å². The summed E-state index contributed by atoms with van der Waals surface area (Å²) >= 11 is 0. The van der Waals surface area contributed by atoms with Crippen LogP contribution in [0, 0.1) is 12.7 Å².